The molecule has 0 amide bonds. The van der Waals surface area contributed by atoms with Gasteiger partial charge in [-0.15, -0.1) is 23.0 Å². The Morgan fingerprint density at radius 3 is 0.393 bits per heavy atom. The number of carbonyl (C=O) groups excluding carboxylic acids is 4. The van der Waals surface area contributed by atoms with Crippen LogP contribution >= 0.6 is 13.5 Å². The van der Waals surface area contributed by atoms with Gasteiger partial charge in [-0.1, -0.05) is 451 Å². The van der Waals surface area contributed by atoms with Gasteiger partial charge in [-0.2, -0.15) is 13.5 Å². The monoisotopic (exact) mass is 1950 g/mol. The van der Waals surface area contributed by atoms with Gasteiger partial charge in [-0.05, 0) is 103 Å². The van der Waals surface area contributed by atoms with Crippen molar-refractivity contribution in [3.8, 4) is 0 Å². The van der Waals surface area contributed by atoms with Crippen LogP contribution in [0, 0.1) is 0 Å². The standard InChI is InChI=1S/4C25H48O2S.2CH4.H2S.2Sn/c4*1-2-3-4-5-6-7-8-9-10-11-12-13-14-15-16-17-18-19-20-21-22-25(26)27-23-24-28;;;;;/h4*3-4,28H,2,5-24H2,1H3;2*1H4;1H2;;/q;;;;;;;2*+2/p-4/b4*4-3+;;;;;. The molecule has 0 heterocycles. The Bertz CT molecular complexity index is 1650. The van der Waals surface area contributed by atoms with Crippen molar-refractivity contribution >= 4 is 136 Å². The van der Waals surface area contributed by atoms with E-state index in [9.17, 15) is 19.2 Å². The van der Waals surface area contributed by atoms with Crippen molar-refractivity contribution in [1.29, 1.82) is 0 Å². The maximum Gasteiger partial charge on any atom is 2.00 e. The van der Waals surface area contributed by atoms with Crippen LogP contribution in [0.4, 0.5) is 0 Å². The summed E-state index contributed by atoms with van der Waals surface area (Å²) in [7, 11) is 0. The third-order valence-electron chi connectivity index (χ3n) is 21.0. The zero-order valence-corrected chi connectivity index (χ0v) is 86.4. The summed E-state index contributed by atoms with van der Waals surface area (Å²) < 4.78 is 19.9. The first-order valence-corrected chi connectivity index (χ1v) is 51.1. The van der Waals surface area contributed by atoms with Crippen LogP contribution in [-0.2, 0) is 88.6 Å². The second-order valence-electron chi connectivity index (χ2n) is 32.0. The summed E-state index contributed by atoms with van der Waals surface area (Å²) in [5, 5.41) is 0. The van der Waals surface area contributed by atoms with E-state index in [0.717, 1.165) is 51.4 Å². The van der Waals surface area contributed by atoms with Gasteiger partial charge in [0.15, 0.2) is 0 Å². The van der Waals surface area contributed by atoms with Gasteiger partial charge in [0, 0.05) is 25.7 Å². The quantitative estimate of drug-likeness (QED) is 0.0145. The first kappa shape index (κ1) is 135. The zero-order chi connectivity index (χ0) is 82.2. The Hall–Kier alpha value is 0.187. The zero-order valence-electron chi connectivity index (χ0n) is 76.4. The molecule has 8 nitrogen and oxygen atoms in total. The fourth-order valence-corrected chi connectivity index (χ4v) is 14.4. The molecule has 117 heavy (non-hydrogen) atoms. The van der Waals surface area contributed by atoms with Gasteiger partial charge >= 0.3 is 71.7 Å². The summed E-state index contributed by atoms with van der Waals surface area (Å²) in [5.41, 5.74) is 0. The molecule has 0 bridgehead atoms. The van der Waals surface area contributed by atoms with E-state index in [0.29, 0.717) is 75.1 Å². The predicted molar refractivity (Wildman–Crippen MR) is 538 cm³/mol. The van der Waals surface area contributed by atoms with Crippen molar-refractivity contribution in [2.45, 2.75) is 531 Å². The summed E-state index contributed by atoms with van der Waals surface area (Å²) in [4.78, 5) is 45.3. The van der Waals surface area contributed by atoms with Crippen LogP contribution in [0.5, 0.6) is 0 Å². The molecular formula is C102H198O8S5Sn2. The van der Waals surface area contributed by atoms with Gasteiger partial charge < -0.3 is 69.5 Å². The maximum absolute atomic E-state index is 11.3. The van der Waals surface area contributed by atoms with Crippen LogP contribution in [-0.4, -0.2) is 121 Å². The van der Waals surface area contributed by atoms with Crippen molar-refractivity contribution in [1.82, 2.24) is 0 Å². The van der Waals surface area contributed by atoms with Crippen molar-refractivity contribution in [2.75, 3.05) is 49.4 Å². The van der Waals surface area contributed by atoms with Crippen LogP contribution in [0.25, 0.3) is 0 Å². The first-order chi connectivity index (χ1) is 55.2. The number of allylic oxidation sites excluding steroid dienone is 8. The SMILES string of the molecule is C.C.CC/C=C/CCCCCCCCCCCCCCCCCCC(=O)OCC[S-].CC/C=C/CCCCCCCCCCCCCCCCCCC(=O)OCC[S-].CC/C=C/CCCCCCCCCCCCCCCCCCC(=O)OCC[S-].CC/C=C/CCCCCCCCCCCCCCCCCCC(=O)OCC[S-].S.[Sn+2].[Sn+2]. The molecule has 692 valence electrons. The summed E-state index contributed by atoms with van der Waals surface area (Å²) in [5.74, 6) is 1.70. The van der Waals surface area contributed by atoms with Gasteiger partial charge in [-0.25, -0.2) is 0 Å². The van der Waals surface area contributed by atoms with Crippen LogP contribution in [0.3, 0.4) is 0 Å². The molecule has 0 aromatic carbocycles. The molecule has 0 aliphatic rings. The predicted octanol–water partition coefficient (Wildman–Crippen LogP) is 32.9. The smallest absolute Gasteiger partial charge is 0.789 e. The molecule has 0 saturated heterocycles. The Morgan fingerprint density at radius 2 is 0.291 bits per heavy atom. The molecule has 0 N–H and O–H groups in total. The van der Waals surface area contributed by atoms with Crippen LogP contribution in [0.2, 0.25) is 0 Å². The Labute approximate surface area is 795 Å². The largest absolute Gasteiger partial charge is 2.00 e. The minimum Gasteiger partial charge on any atom is -0.789 e. The molecule has 0 saturated carbocycles. The fourth-order valence-electron chi connectivity index (χ4n) is 14.1. The number of carbonyl (C=O) groups is 4. The summed E-state index contributed by atoms with van der Waals surface area (Å²) >= 11 is 19.0. The average Bonchev–Trinajstić information content (AvgIpc) is 1.08. The molecule has 0 aromatic rings. The van der Waals surface area contributed by atoms with Crippen molar-refractivity contribution in [3.63, 3.8) is 0 Å². The normalized spacial score (nSPS) is 10.9. The molecular weight excluding hydrogens is 1750 g/mol. The summed E-state index contributed by atoms with van der Waals surface area (Å²) in [6.07, 6.45) is 117. The van der Waals surface area contributed by atoms with Crippen molar-refractivity contribution < 1.29 is 38.1 Å². The third kappa shape index (κ3) is 140. The molecule has 0 aromatic heterocycles. The van der Waals surface area contributed by atoms with Gasteiger partial charge in [0.1, 0.15) is 0 Å². The van der Waals surface area contributed by atoms with E-state index in [1.54, 1.807) is 0 Å². The molecule has 0 unspecified atom stereocenters. The number of ether oxygens (including phenoxy) is 4. The Morgan fingerprint density at radius 1 is 0.188 bits per heavy atom. The van der Waals surface area contributed by atoms with E-state index in [2.05, 4.69) is 76.3 Å². The molecule has 0 aliphatic heterocycles. The Balaban J connectivity index is -0.000000187. The minimum atomic E-state index is -0.0790. The summed E-state index contributed by atoms with van der Waals surface area (Å²) in [6.45, 7) is 10.4. The van der Waals surface area contributed by atoms with E-state index in [-0.39, 0.29) is 100 Å². The van der Waals surface area contributed by atoms with E-state index in [1.807, 2.05) is 0 Å². The molecule has 0 spiro atoms. The van der Waals surface area contributed by atoms with Crippen molar-refractivity contribution in [2.24, 2.45) is 0 Å². The second kappa shape index (κ2) is 132. The number of rotatable bonds is 88. The van der Waals surface area contributed by atoms with Gasteiger partial charge in [0.25, 0.3) is 0 Å². The summed E-state index contributed by atoms with van der Waals surface area (Å²) in [6, 6.07) is 0. The molecule has 15 heteroatoms. The van der Waals surface area contributed by atoms with E-state index in [1.165, 1.54) is 411 Å². The van der Waals surface area contributed by atoms with Gasteiger partial charge in [0.05, 0.1) is 26.4 Å². The van der Waals surface area contributed by atoms with Crippen LogP contribution < -0.4 is 0 Å². The molecule has 4 radical (unpaired) electrons. The third-order valence-corrected chi connectivity index (χ3v) is 21.7. The topological polar surface area (TPSA) is 105 Å². The van der Waals surface area contributed by atoms with Crippen molar-refractivity contribution in [3.05, 3.63) is 48.6 Å². The van der Waals surface area contributed by atoms with E-state index < -0.39 is 0 Å². The maximum atomic E-state index is 11.3. The molecule has 0 rings (SSSR count). The number of hydrogen-bond donors (Lipinski definition) is 0. The van der Waals surface area contributed by atoms with Gasteiger partial charge in [0.2, 0.25) is 0 Å². The fraction of sp³-hybridized carbons (Fsp3) is 0.882. The molecule has 0 aliphatic carbocycles. The number of esters is 4. The number of unbranched alkanes of at least 4 members (excludes halogenated alkanes) is 64. The average molecular weight is 1950 g/mol. The number of hydrogen-bond acceptors (Lipinski definition) is 12. The second-order valence-corrected chi connectivity index (χ2v) is 33.6. The van der Waals surface area contributed by atoms with E-state index in [4.69, 9.17) is 69.5 Å². The van der Waals surface area contributed by atoms with Gasteiger partial charge in [-0.3, -0.25) is 19.2 Å². The Kier molecular flexibility index (Phi) is 152. The van der Waals surface area contributed by atoms with E-state index >= 15 is 0 Å². The van der Waals surface area contributed by atoms with Crippen LogP contribution in [0.1, 0.15) is 531 Å². The minimum absolute atomic E-state index is 0. The molecule has 0 atom stereocenters. The first-order valence-electron chi connectivity index (χ1n) is 48.8. The molecule has 0 fully saturated rings. The van der Waals surface area contributed by atoms with Crippen LogP contribution in [0.15, 0.2) is 48.6 Å².